The van der Waals surface area contributed by atoms with Gasteiger partial charge in [-0.05, 0) is 43.0 Å². The van der Waals surface area contributed by atoms with Crippen LogP contribution in [0.1, 0.15) is 18.4 Å². The third kappa shape index (κ3) is 2.97. The Morgan fingerprint density at radius 1 is 1.24 bits per heavy atom. The molecule has 126 valence electrons. The lowest BCUT2D eigenvalue weighted by Crippen LogP contribution is -2.36. The van der Waals surface area contributed by atoms with E-state index in [0.717, 1.165) is 65.6 Å². The fraction of sp³-hybridized carbons (Fsp3) is 0.300. The van der Waals surface area contributed by atoms with Crippen LogP contribution in [0.2, 0.25) is 0 Å². The highest BCUT2D eigenvalue weighted by Gasteiger charge is 2.23. The lowest BCUT2D eigenvalue weighted by molar-refractivity contribution is -0.111. The zero-order chi connectivity index (χ0) is 17.2. The van der Waals surface area contributed by atoms with E-state index in [1.165, 1.54) is 0 Å². The summed E-state index contributed by atoms with van der Waals surface area (Å²) in [5, 5.41) is 1.03. The number of fused-ring (bicyclic) bond motifs is 1. The summed E-state index contributed by atoms with van der Waals surface area (Å²) >= 11 is 0. The van der Waals surface area contributed by atoms with Crippen molar-refractivity contribution in [3.63, 3.8) is 0 Å². The van der Waals surface area contributed by atoms with Crippen LogP contribution in [0.3, 0.4) is 0 Å². The fourth-order valence-corrected chi connectivity index (χ4v) is 3.59. The maximum atomic E-state index is 11.3. The van der Waals surface area contributed by atoms with Gasteiger partial charge in [-0.25, -0.2) is 9.97 Å². The molecule has 0 radical (unpaired) electrons. The van der Waals surface area contributed by atoms with Crippen molar-refractivity contribution in [1.82, 2.24) is 15.0 Å². The highest BCUT2D eigenvalue weighted by molar-refractivity contribution is 6.01. The number of aryl methyl sites for hydroxylation is 1. The summed E-state index contributed by atoms with van der Waals surface area (Å²) in [7, 11) is 0. The number of aldehydes is 1. The summed E-state index contributed by atoms with van der Waals surface area (Å²) < 4.78 is 0. The largest absolute Gasteiger partial charge is 0.355 e. The van der Waals surface area contributed by atoms with E-state index in [2.05, 4.69) is 32.0 Å². The van der Waals surface area contributed by atoms with E-state index < -0.39 is 0 Å². The number of rotatable bonds is 3. The monoisotopic (exact) mass is 332 g/mol. The lowest BCUT2D eigenvalue weighted by Gasteiger charge is -2.32. The quantitative estimate of drug-likeness (QED) is 0.688. The predicted octanol–water partition coefficient (Wildman–Crippen LogP) is 3.42. The minimum absolute atomic E-state index is 0.0755. The Bertz CT molecular complexity index is 919. The van der Waals surface area contributed by atoms with Gasteiger partial charge in [-0.3, -0.25) is 4.98 Å². The van der Waals surface area contributed by atoms with Crippen LogP contribution >= 0.6 is 0 Å². The number of carbonyl (C=O) groups excluding carboxylic acids is 1. The number of anilines is 1. The average Bonchev–Trinajstić information content (AvgIpc) is 2.67. The highest BCUT2D eigenvalue weighted by Crippen LogP contribution is 2.34. The van der Waals surface area contributed by atoms with Gasteiger partial charge < -0.3 is 9.69 Å². The van der Waals surface area contributed by atoms with Crippen LogP contribution in [0.15, 0.2) is 43.0 Å². The van der Waals surface area contributed by atoms with E-state index in [4.69, 9.17) is 0 Å². The number of hydrogen-bond acceptors (Lipinski definition) is 5. The number of aromatic nitrogens is 3. The number of hydrogen-bond donors (Lipinski definition) is 0. The molecule has 1 aromatic carbocycles. The summed E-state index contributed by atoms with van der Waals surface area (Å²) in [6.07, 6.45) is 8.37. The van der Waals surface area contributed by atoms with E-state index in [1.807, 2.05) is 31.5 Å². The number of piperidine rings is 1. The molecule has 0 amide bonds. The molecule has 2 aromatic heterocycles. The first-order valence-corrected chi connectivity index (χ1v) is 8.62. The standard InChI is InChI=1S/C20H20N4O/c1-14-8-16(10-21-9-14)17-5-2-6-18-19(17)20(23-13-22-18)24-7-3-4-15(11-24)12-25/h2,5-6,8-10,12-13,15H,3-4,7,11H2,1H3. The molecule has 1 aliphatic heterocycles. The lowest BCUT2D eigenvalue weighted by atomic mass is 9.97. The summed E-state index contributed by atoms with van der Waals surface area (Å²) in [6.45, 7) is 3.67. The Hall–Kier alpha value is -2.82. The molecule has 0 saturated carbocycles. The molecule has 1 atom stereocenters. The molecule has 0 spiro atoms. The van der Waals surface area contributed by atoms with Gasteiger partial charge in [0.15, 0.2) is 0 Å². The van der Waals surface area contributed by atoms with Gasteiger partial charge in [-0.1, -0.05) is 12.1 Å². The van der Waals surface area contributed by atoms with Crippen molar-refractivity contribution in [2.24, 2.45) is 5.92 Å². The van der Waals surface area contributed by atoms with Gasteiger partial charge in [0, 0.05) is 37.0 Å². The SMILES string of the molecule is Cc1cncc(-c2cccc3ncnc(N4CCCC(C=O)C4)c23)c1. The van der Waals surface area contributed by atoms with Crippen molar-refractivity contribution < 1.29 is 4.79 Å². The second kappa shape index (κ2) is 6.59. The number of pyridine rings is 1. The number of benzene rings is 1. The number of carbonyl (C=O) groups is 1. The van der Waals surface area contributed by atoms with Gasteiger partial charge in [0.05, 0.1) is 10.9 Å². The molecule has 1 fully saturated rings. The maximum Gasteiger partial charge on any atom is 0.140 e. The highest BCUT2D eigenvalue weighted by atomic mass is 16.1. The summed E-state index contributed by atoms with van der Waals surface area (Å²) in [6, 6.07) is 8.24. The molecule has 5 nitrogen and oxygen atoms in total. The molecule has 0 aliphatic carbocycles. The molecule has 0 N–H and O–H groups in total. The van der Waals surface area contributed by atoms with E-state index >= 15 is 0 Å². The molecular weight excluding hydrogens is 312 g/mol. The van der Waals surface area contributed by atoms with Gasteiger partial charge in [-0.2, -0.15) is 0 Å². The van der Waals surface area contributed by atoms with Crippen LogP contribution in [-0.2, 0) is 4.79 Å². The van der Waals surface area contributed by atoms with Gasteiger partial charge >= 0.3 is 0 Å². The second-order valence-corrected chi connectivity index (χ2v) is 6.63. The van der Waals surface area contributed by atoms with Crippen LogP contribution in [0, 0.1) is 12.8 Å². The third-order valence-electron chi connectivity index (χ3n) is 4.78. The van der Waals surface area contributed by atoms with Gasteiger partial charge in [0.1, 0.15) is 18.4 Å². The van der Waals surface area contributed by atoms with Gasteiger partial charge in [0.25, 0.3) is 0 Å². The Labute approximate surface area is 146 Å². The van der Waals surface area contributed by atoms with E-state index in [9.17, 15) is 4.79 Å². The molecule has 25 heavy (non-hydrogen) atoms. The Kier molecular flexibility index (Phi) is 4.14. The first kappa shape index (κ1) is 15.7. The second-order valence-electron chi connectivity index (χ2n) is 6.63. The van der Waals surface area contributed by atoms with Crippen molar-refractivity contribution in [2.75, 3.05) is 18.0 Å². The van der Waals surface area contributed by atoms with Gasteiger partial charge in [0.2, 0.25) is 0 Å². The van der Waals surface area contributed by atoms with Crippen molar-refractivity contribution in [3.8, 4) is 11.1 Å². The molecule has 4 rings (SSSR count). The smallest absolute Gasteiger partial charge is 0.140 e. The summed E-state index contributed by atoms with van der Waals surface area (Å²) in [5.74, 6) is 0.986. The Balaban J connectivity index is 1.89. The van der Waals surface area contributed by atoms with Crippen LogP contribution in [-0.4, -0.2) is 34.3 Å². The molecule has 3 heterocycles. The van der Waals surface area contributed by atoms with Crippen molar-refractivity contribution >= 4 is 23.0 Å². The molecule has 0 bridgehead atoms. The minimum Gasteiger partial charge on any atom is -0.355 e. The first-order chi connectivity index (χ1) is 12.3. The summed E-state index contributed by atoms with van der Waals surface area (Å²) in [5.41, 5.74) is 4.17. The van der Waals surface area contributed by atoms with Crippen LogP contribution in [0.5, 0.6) is 0 Å². The number of nitrogens with zero attached hydrogens (tertiary/aromatic N) is 4. The van der Waals surface area contributed by atoms with Gasteiger partial charge in [-0.15, -0.1) is 0 Å². The fourth-order valence-electron chi connectivity index (χ4n) is 3.59. The van der Waals surface area contributed by atoms with Crippen molar-refractivity contribution in [3.05, 3.63) is 48.5 Å². The average molecular weight is 332 g/mol. The molecule has 5 heteroatoms. The Morgan fingerprint density at radius 2 is 2.16 bits per heavy atom. The van der Waals surface area contributed by atoms with Crippen LogP contribution in [0.25, 0.3) is 22.0 Å². The normalized spacial score (nSPS) is 17.6. The topological polar surface area (TPSA) is 59.0 Å². The van der Waals surface area contributed by atoms with Crippen LogP contribution in [0.4, 0.5) is 5.82 Å². The third-order valence-corrected chi connectivity index (χ3v) is 4.78. The van der Waals surface area contributed by atoms with E-state index in [0.29, 0.717) is 0 Å². The summed E-state index contributed by atoms with van der Waals surface area (Å²) in [4.78, 5) is 26.9. The van der Waals surface area contributed by atoms with Crippen LogP contribution < -0.4 is 4.90 Å². The zero-order valence-corrected chi connectivity index (χ0v) is 14.2. The molecule has 1 aliphatic rings. The zero-order valence-electron chi connectivity index (χ0n) is 14.2. The van der Waals surface area contributed by atoms with E-state index in [-0.39, 0.29) is 5.92 Å². The molecular formula is C20H20N4O. The predicted molar refractivity (Wildman–Crippen MR) is 98.5 cm³/mol. The Morgan fingerprint density at radius 3 is 3.00 bits per heavy atom. The van der Waals surface area contributed by atoms with E-state index in [1.54, 1.807) is 6.33 Å². The molecule has 1 unspecified atom stereocenters. The minimum atomic E-state index is 0.0755. The van der Waals surface area contributed by atoms with Crippen molar-refractivity contribution in [1.29, 1.82) is 0 Å². The molecule has 3 aromatic rings. The van der Waals surface area contributed by atoms with Crippen molar-refractivity contribution in [2.45, 2.75) is 19.8 Å². The maximum absolute atomic E-state index is 11.3. The first-order valence-electron chi connectivity index (χ1n) is 8.62. The molecule has 1 saturated heterocycles.